The first-order valence-electron chi connectivity index (χ1n) is 3.31. The van der Waals surface area contributed by atoms with Gasteiger partial charge in [-0.25, -0.2) is 10.2 Å². The molecule has 4 nitrogen and oxygen atoms in total. The molecule has 72 valence electrons. The molecule has 0 bridgehead atoms. The number of nitrogens with two attached hydrogens (primary N) is 2. The molecule has 0 fully saturated rings. The van der Waals surface area contributed by atoms with Gasteiger partial charge >= 0.3 is 0 Å². The lowest BCUT2D eigenvalue weighted by Gasteiger charge is -2.00. The number of nitrogens with one attached hydrogen (secondary N) is 1. The molecule has 5 N–H and O–H groups in total. The lowest BCUT2D eigenvalue weighted by Crippen LogP contribution is -2.31. The van der Waals surface area contributed by atoms with Crippen LogP contribution in [0.25, 0.3) is 0 Å². The average Bonchev–Trinajstić information content (AvgIpc) is 2.36. The van der Waals surface area contributed by atoms with Crippen LogP contribution in [0.1, 0.15) is 10.4 Å². The van der Waals surface area contributed by atoms with Crippen molar-refractivity contribution in [3.8, 4) is 0 Å². The van der Waals surface area contributed by atoms with Gasteiger partial charge in [0.05, 0.1) is 4.88 Å². The van der Waals surface area contributed by atoms with Gasteiger partial charge in [0.25, 0.3) is 0 Å². The number of thiophene rings is 1. The van der Waals surface area contributed by atoms with Crippen LogP contribution in [0.15, 0.2) is 5.10 Å². The van der Waals surface area contributed by atoms with E-state index < -0.39 is 5.82 Å². The third-order valence-corrected chi connectivity index (χ3v) is 2.97. The summed E-state index contributed by atoms with van der Waals surface area (Å²) >= 11 is 6.61. The van der Waals surface area contributed by atoms with E-state index >= 15 is 0 Å². The maximum absolute atomic E-state index is 13.1. The third-order valence-electron chi connectivity index (χ3n) is 1.51. The highest BCUT2D eigenvalue weighted by molar-refractivity contribution is 7.18. The number of amidine groups is 1. The molecule has 1 rings (SSSR count). The van der Waals surface area contributed by atoms with Crippen LogP contribution in [0, 0.1) is 12.7 Å². The van der Waals surface area contributed by atoms with Crippen molar-refractivity contribution in [3.63, 3.8) is 0 Å². The smallest absolute Gasteiger partial charge is 0.177 e. The van der Waals surface area contributed by atoms with Gasteiger partial charge in [0.2, 0.25) is 0 Å². The number of hydrogen-bond acceptors (Lipinski definition) is 4. The van der Waals surface area contributed by atoms with Gasteiger partial charge in [-0.15, -0.1) is 11.3 Å². The second-order valence-electron chi connectivity index (χ2n) is 2.27. The van der Waals surface area contributed by atoms with E-state index in [0.29, 0.717) is 10.4 Å². The van der Waals surface area contributed by atoms with Gasteiger partial charge in [-0.1, -0.05) is 11.6 Å². The summed E-state index contributed by atoms with van der Waals surface area (Å²) in [6.45, 7) is 1.58. The van der Waals surface area contributed by atoms with Gasteiger partial charge in [0.15, 0.2) is 11.7 Å². The molecule has 0 aromatic carbocycles. The van der Waals surface area contributed by atoms with Gasteiger partial charge in [0, 0.05) is 5.56 Å². The summed E-state index contributed by atoms with van der Waals surface area (Å²) < 4.78 is 13.2. The summed E-state index contributed by atoms with van der Waals surface area (Å²) in [5.74, 6) is 9.91. The first-order valence-corrected chi connectivity index (χ1v) is 4.50. The minimum Gasteiger partial charge on any atom is -0.321 e. The molecular formula is C6H8ClFN4S. The molecule has 0 radical (unpaired) electrons. The summed E-state index contributed by atoms with van der Waals surface area (Å²) in [5, 5.41) is 3.36. The quantitative estimate of drug-likeness (QED) is 0.286. The van der Waals surface area contributed by atoms with Crippen LogP contribution in [-0.2, 0) is 0 Å². The minimum atomic E-state index is -0.460. The van der Waals surface area contributed by atoms with Crippen LogP contribution >= 0.6 is 22.9 Å². The van der Waals surface area contributed by atoms with Gasteiger partial charge in [-0.05, 0) is 6.92 Å². The summed E-state index contributed by atoms with van der Waals surface area (Å²) in [4.78, 5) is 0.507. The molecule has 1 aromatic heterocycles. The molecule has 0 atom stereocenters. The zero-order valence-corrected chi connectivity index (χ0v) is 8.34. The fourth-order valence-electron chi connectivity index (χ4n) is 0.845. The molecule has 0 saturated carbocycles. The Labute approximate surface area is 83.3 Å². The van der Waals surface area contributed by atoms with Crippen molar-refractivity contribution in [1.82, 2.24) is 5.43 Å². The summed E-state index contributed by atoms with van der Waals surface area (Å²) in [6, 6.07) is 0. The Kier molecular flexibility index (Phi) is 3.07. The Bertz CT molecular complexity index is 349. The Morgan fingerprint density at radius 3 is 2.62 bits per heavy atom. The highest BCUT2D eigenvalue weighted by atomic mass is 35.5. The van der Waals surface area contributed by atoms with E-state index in [0.717, 1.165) is 11.3 Å². The number of nitrogens with zero attached hydrogens (tertiary/aromatic N) is 1. The number of rotatable bonds is 1. The van der Waals surface area contributed by atoms with E-state index in [9.17, 15) is 4.39 Å². The van der Waals surface area contributed by atoms with Crippen LogP contribution < -0.4 is 17.1 Å². The molecule has 13 heavy (non-hydrogen) atoms. The summed E-state index contributed by atoms with van der Waals surface area (Å²) in [7, 11) is 0. The van der Waals surface area contributed by atoms with Gasteiger partial charge in [-0.2, -0.15) is 5.10 Å². The highest BCUT2D eigenvalue weighted by Gasteiger charge is 2.16. The van der Waals surface area contributed by atoms with Crippen molar-refractivity contribution in [1.29, 1.82) is 0 Å². The Hall–Kier alpha value is -0.850. The molecule has 0 aliphatic rings. The van der Waals surface area contributed by atoms with E-state index in [-0.39, 0.29) is 10.2 Å². The van der Waals surface area contributed by atoms with Crippen molar-refractivity contribution in [2.75, 3.05) is 0 Å². The van der Waals surface area contributed by atoms with E-state index in [1.165, 1.54) is 0 Å². The molecule has 0 spiro atoms. The second kappa shape index (κ2) is 3.91. The Morgan fingerprint density at radius 1 is 1.69 bits per heavy atom. The van der Waals surface area contributed by atoms with Crippen molar-refractivity contribution in [2.24, 2.45) is 16.8 Å². The van der Waals surface area contributed by atoms with Crippen LogP contribution in [0.4, 0.5) is 4.39 Å². The maximum Gasteiger partial charge on any atom is 0.177 e. The molecule has 0 unspecified atom stereocenters. The monoisotopic (exact) mass is 222 g/mol. The molecule has 0 amide bonds. The largest absolute Gasteiger partial charge is 0.321 e. The van der Waals surface area contributed by atoms with Crippen molar-refractivity contribution in [2.45, 2.75) is 6.92 Å². The lowest BCUT2D eigenvalue weighted by molar-refractivity contribution is 0.624. The van der Waals surface area contributed by atoms with Crippen molar-refractivity contribution in [3.05, 3.63) is 20.6 Å². The molecule has 1 heterocycles. The molecule has 0 saturated heterocycles. The zero-order chi connectivity index (χ0) is 10.0. The fourth-order valence-corrected chi connectivity index (χ4v) is 2.09. The van der Waals surface area contributed by atoms with Crippen LogP contribution in [0.5, 0.6) is 0 Å². The minimum absolute atomic E-state index is 0.0731. The van der Waals surface area contributed by atoms with E-state index in [2.05, 4.69) is 10.5 Å². The van der Waals surface area contributed by atoms with E-state index in [1.807, 2.05) is 0 Å². The Balaban J connectivity index is 3.23. The Morgan fingerprint density at radius 2 is 2.31 bits per heavy atom. The first kappa shape index (κ1) is 10.2. The number of hydrazone groups is 1. The highest BCUT2D eigenvalue weighted by Crippen LogP contribution is 2.30. The summed E-state index contributed by atoms with van der Waals surface area (Å²) in [5.41, 5.74) is 2.65. The van der Waals surface area contributed by atoms with Gasteiger partial charge in [0.1, 0.15) is 4.34 Å². The topological polar surface area (TPSA) is 76.4 Å². The summed E-state index contributed by atoms with van der Waals surface area (Å²) in [6.07, 6.45) is 0. The SMILES string of the molecule is Cc1c(/C(=N/N)NN)sc(Cl)c1F. The molecule has 0 aliphatic carbocycles. The van der Waals surface area contributed by atoms with Gasteiger partial charge < -0.3 is 11.3 Å². The number of hydrazine groups is 1. The predicted octanol–water partition coefficient (Wildman–Crippen LogP) is 0.933. The maximum atomic E-state index is 13.1. The second-order valence-corrected chi connectivity index (χ2v) is 3.89. The predicted molar refractivity (Wildman–Crippen MR) is 52.1 cm³/mol. The molecule has 0 aliphatic heterocycles. The molecule has 7 heteroatoms. The van der Waals surface area contributed by atoms with Crippen molar-refractivity contribution < 1.29 is 4.39 Å². The van der Waals surface area contributed by atoms with Crippen LogP contribution in [0.2, 0.25) is 4.34 Å². The van der Waals surface area contributed by atoms with Crippen LogP contribution in [0.3, 0.4) is 0 Å². The fraction of sp³-hybridized carbons (Fsp3) is 0.167. The number of halogens is 2. The van der Waals surface area contributed by atoms with Crippen molar-refractivity contribution >= 4 is 28.8 Å². The lowest BCUT2D eigenvalue weighted by atomic mass is 10.2. The first-order chi connectivity index (χ1) is 6.11. The van der Waals surface area contributed by atoms with E-state index in [4.69, 9.17) is 23.3 Å². The standard InChI is InChI=1S/C6H8ClFN4S/c1-2-3(8)5(7)13-4(2)6(11-9)12-10/h9-10H2,1H3,(H,11,12). The van der Waals surface area contributed by atoms with Crippen LogP contribution in [-0.4, -0.2) is 5.84 Å². The van der Waals surface area contributed by atoms with Gasteiger partial charge in [-0.3, -0.25) is 0 Å². The molecule has 1 aromatic rings. The average molecular weight is 223 g/mol. The molecular weight excluding hydrogens is 215 g/mol. The normalized spacial score (nSPS) is 11.8. The third kappa shape index (κ3) is 1.74. The number of hydrogen-bond donors (Lipinski definition) is 3. The van der Waals surface area contributed by atoms with E-state index in [1.54, 1.807) is 6.92 Å². The zero-order valence-electron chi connectivity index (χ0n) is 6.77.